The van der Waals surface area contributed by atoms with Crippen molar-refractivity contribution in [3.8, 4) is 0 Å². The number of nitrogens with zero attached hydrogens (tertiary/aromatic N) is 2. The summed E-state index contributed by atoms with van der Waals surface area (Å²) >= 11 is 0. The average molecular weight is 205 g/mol. The van der Waals surface area contributed by atoms with E-state index in [0.717, 1.165) is 17.2 Å². The number of aryl methyl sites for hydroxylation is 2. The maximum Gasteiger partial charge on any atom is 0.126 e. The lowest BCUT2D eigenvalue weighted by Gasteiger charge is -2.10. The molecule has 15 heavy (non-hydrogen) atoms. The lowest BCUT2D eigenvalue weighted by molar-refractivity contribution is 0.467. The maximum absolute atomic E-state index is 5.53. The first-order chi connectivity index (χ1) is 7.15. The molecule has 0 bridgehead atoms. The van der Waals surface area contributed by atoms with Crippen molar-refractivity contribution >= 4 is 5.69 Å². The molecule has 2 aromatic rings. The van der Waals surface area contributed by atoms with Gasteiger partial charge < -0.3 is 9.73 Å². The Balaban J connectivity index is 2.06. The fourth-order valence-corrected chi connectivity index (χ4v) is 1.50. The van der Waals surface area contributed by atoms with Crippen molar-refractivity contribution in [3.63, 3.8) is 0 Å². The fourth-order valence-electron chi connectivity index (χ4n) is 1.50. The zero-order chi connectivity index (χ0) is 10.8. The topological polar surface area (TPSA) is 43.0 Å². The number of furan rings is 1. The smallest absolute Gasteiger partial charge is 0.126 e. The summed E-state index contributed by atoms with van der Waals surface area (Å²) in [4.78, 5) is 0. The molecule has 80 valence electrons. The highest BCUT2D eigenvalue weighted by atomic mass is 16.3. The molecule has 2 heterocycles. The van der Waals surface area contributed by atoms with Gasteiger partial charge in [0, 0.05) is 13.2 Å². The van der Waals surface area contributed by atoms with E-state index in [4.69, 9.17) is 4.42 Å². The van der Waals surface area contributed by atoms with Crippen LogP contribution in [0.5, 0.6) is 0 Å². The molecule has 4 heteroatoms. The summed E-state index contributed by atoms with van der Waals surface area (Å²) in [6.45, 7) is 4.01. The molecule has 0 saturated carbocycles. The molecular weight excluding hydrogens is 190 g/mol. The first-order valence-electron chi connectivity index (χ1n) is 4.96. The van der Waals surface area contributed by atoms with Crippen molar-refractivity contribution in [2.45, 2.75) is 19.9 Å². The number of hydrogen-bond acceptors (Lipinski definition) is 3. The standard InChI is InChI=1S/C11H15N3O/c1-8-4-5-11(15-8)9(2)13-10-6-12-14(3)7-10/h4-7,9,13H,1-3H3/t9-/m0/s1. The van der Waals surface area contributed by atoms with Crippen molar-refractivity contribution in [1.82, 2.24) is 9.78 Å². The Hall–Kier alpha value is -1.71. The van der Waals surface area contributed by atoms with Gasteiger partial charge >= 0.3 is 0 Å². The Morgan fingerprint density at radius 1 is 1.47 bits per heavy atom. The Bertz CT molecular complexity index is 444. The zero-order valence-corrected chi connectivity index (χ0v) is 9.19. The van der Waals surface area contributed by atoms with Crippen LogP contribution in [0.2, 0.25) is 0 Å². The van der Waals surface area contributed by atoms with Gasteiger partial charge in [0.2, 0.25) is 0 Å². The summed E-state index contributed by atoms with van der Waals surface area (Å²) in [6, 6.07) is 4.11. The number of aromatic nitrogens is 2. The number of anilines is 1. The molecule has 0 aliphatic carbocycles. The molecule has 0 aromatic carbocycles. The van der Waals surface area contributed by atoms with Gasteiger partial charge in [-0.3, -0.25) is 4.68 Å². The molecule has 0 amide bonds. The molecule has 1 N–H and O–H groups in total. The van der Waals surface area contributed by atoms with E-state index in [1.165, 1.54) is 0 Å². The van der Waals surface area contributed by atoms with Gasteiger partial charge in [-0.05, 0) is 26.0 Å². The van der Waals surface area contributed by atoms with Gasteiger partial charge in [-0.1, -0.05) is 0 Å². The summed E-state index contributed by atoms with van der Waals surface area (Å²) in [5.74, 6) is 1.88. The summed E-state index contributed by atoms with van der Waals surface area (Å²) < 4.78 is 7.30. The van der Waals surface area contributed by atoms with E-state index in [0.29, 0.717) is 0 Å². The minimum Gasteiger partial charge on any atom is -0.464 e. The SMILES string of the molecule is Cc1ccc([C@H](C)Nc2cnn(C)c2)o1. The fraction of sp³-hybridized carbons (Fsp3) is 0.364. The second-order valence-corrected chi connectivity index (χ2v) is 3.72. The molecule has 1 atom stereocenters. The van der Waals surface area contributed by atoms with Crippen molar-refractivity contribution in [1.29, 1.82) is 0 Å². The Morgan fingerprint density at radius 2 is 2.27 bits per heavy atom. The van der Waals surface area contributed by atoms with Crippen LogP contribution in [0.1, 0.15) is 24.5 Å². The lowest BCUT2D eigenvalue weighted by Crippen LogP contribution is -2.04. The normalized spacial score (nSPS) is 12.7. The third-order valence-corrected chi connectivity index (χ3v) is 2.28. The molecule has 0 radical (unpaired) electrons. The van der Waals surface area contributed by atoms with Crippen molar-refractivity contribution in [3.05, 3.63) is 36.0 Å². The molecule has 2 aromatic heterocycles. The molecule has 0 spiro atoms. The molecule has 0 saturated heterocycles. The van der Waals surface area contributed by atoms with Crippen LogP contribution in [0.15, 0.2) is 28.9 Å². The van der Waals surface area contributed by atoms with Crippen LogP contribution < -0.4 is 5.32 Å². The van der Waals surface area contributed by atoms with E-state index in [9.17, 15) is 0 Å². The quantitative estimate of drug-likeness (QED) is 0.837. The molecular formula is C11H15N3O. The summed E-state index contributed by atoms with van der Waals surface area (Å²) in [5.41, 5.74) is 0.999. The van der Waals surface area contributed by atoms with Crippen LogP contribution in [-0.4, -0.2) is 9.78 Å². The van der Waals surface area contributed by atoms with E-state index in [2.05, 4.69) is 17.3 Å². The van der Waals surface area contributed by atoms with Gasteiger partial charge in [-0.2, -0.15) is 5.10 Å². The largest absolute Gasteiger partial charge is 0.464 e. The van der Waals surface area contributed by atoms with Gasteiger partial charge in [0.15, 0.2) is 0 Å². The van der Waals surface area contributed by atoms with Crippen molar-refractivity contribution < 1.29 is 4.42 Å². The van der Waals surface area contributed by atoms with Crippen molar-refractivity contribution in [2.24, 2.45) is 7.05 Å². The minimum absolute atomic E-state index is 0.155. The third kappa shape index (κ3) is 2.21. The predicted molar refractivity (Wildman–Crippen MR) is 58.7 cm³/mol. The van der Waals surface area contributed by atoms with Crippen LogP contribution in [0, 0.1) is 6.92 Å². The molecule has 0 fully saturated rings. The van der Waals surface area contributed by atoms with Crippen LogP contribution in [-0.2, 0) is 7.05 Å². The van der Waals surface area contributed by atoms with Crippen LogP contribution >= 0.6 is 0 Å². The van der Waals surface area contributed by atoms with E-state index >= 15 is 0 Å². The molecule has 0 unspecified atom stereocenters. The molecule has 4 nitrogen and oxygen atoms in total. The van der Waals surface area contributed by atoms with Gasteiger partial charge in [0.25, 0.3) is 0 Å². The zero-order valence-electron chi connectivity index (χ0n) is 9.19. The van der Waals surface area contributed by atoms with Gasteiger partial charge in [-0.15, -0.1) is 0 Å². The average Bonchev–Trinajstić information content (AvgIpc) is 2.75. The van der Waals surface area contributed by atoms with Crippen LogP contribution in [0.25, 0.3) is 0 Å². The van der Waals surface area contributed by atoms with Crippen molar-refractivity contribution in [2.75, 3.05) is 5.32 Å². The monoisotopic (exact) mass is 205 g/mol. The van der Waals surface area contributed by atoms with E-state index in [1.54, 1.807) is 10.9 Å². The maximum atomic E-state index is 5.53. The lowest BCUT2D eigenvalue weighted by atomic mass is 10.2. The first kappa shape index (κ1) is 9.83. The highest BCUT2D eigenvalue weighted by Gasteiger charge is 2.09. The first-order valence-corrected chi connectivity index (χ1v) is 4.96. The minimum atomic E-state index is 0.155. The second kappa shape index (κ2) is 3.81. The van der Waals surface area contributed by atoms with Crippen LogP contribution in [0.3, 0.4) is 0 Å². The molecule has 2 rings (SSSR count). The summed E-state index contributed by atoms with van der Waals surface area (Å²) in [5, 5.41) is 7.41. The van der Waals surface area contributed by atoms with Gasteiger partial charge in [0.05, 0.1) is 17.9 Å². The third-order valence-electron chi connectivity index (χ3n) is 2.28. The van der Waals surface area contributed by atoms with Gasteiger partial charge in [-0.25, -0.2) is 0 Å². The number of rotatable bonds is 3. The Morgan fingerprint density at radius 3 is 2.80 bits per heavy atom. The summed E-state index contributed by atoms with van der Waals surface area (Å²) in [6.07, 6.45) is 3.73. The van der Waals surface area contributed by atoms with E-state index in [1.807, 2.05) is 32.3 Å². The highest BCUT2D eigenvalue weighted by Crippen LogP contribution is 2.20. The van der Waals surface area contributed by atoms with Crippen LogP contribution in [0.4, 0.5) is 5.69 Å². The summed E-state index contributed by atoms with van der Waals surface area (Å²) in [7, 11) is 1.90. The predicted octanol–water partition coefficient (Wildman–Crippen LogP) is 2.49. The van der Waals surface area contributed by atoms with E-state index < -0.39 is 0 Å². The molecule has 0 aliphatic rings. The molecule has 0 aliphatic heterocycles. The van der Waals surface area contributed by atoms with Gasteiger partial charge in [0.1, 0.15) is 11.5 Å². The number of hydrogen-bond donors (Lipinski definition) is 1. The Kier molecular flexibility index (Phi) is 2.49. The second-order valence-electron chi connectivity index (χ2n) is 3.72. The van der Waals surface area contributed by atoms with E-state index in [-0.39, 0.29) is 6.04 Å². The number of nitrogens with one attached hydrogen (secondary N) is 1. The Labute approximate surface area is 88.9 Å². The highest BCUT2D eigenvalue weighted by molar-refractivity contribution is 5.40.